The van der Waals surface area contributed by atoms with Crippen LogP contribution in [-0.4, -0.2) is 35.1 Å². The van der Waals surface area contributed by atoms with E-state index >= 15 is 0 Å². The summed E-state index contributed by atoms with van der Waals surface area (Å²) in [6, 6.07) is 22.2. The zero-order valence-electron chi connectivity index (χ0n) is 18.4. The first-order valence-electron chi connectivity index (χ1n) is 11.1. The Hall–Kier alpha value is -3.60. The van der Waals surface area contributed by atoms with E-state index in [9.17, 15) is 4.79 Å². The average Bonchev–Trinajstić information content (AvgIpc) is 2.81. The Bertz CT molecular complexity index is 1040. The van der Waals surface area contributed by atoms with Gasteiger partial charge in [-0.2, -0.15) is 0 Å². The van der Waals surface area contributed by atoms with Crippen LogP contribution in [0.15, 0.2) is 84.7 Å². The average molecular weight is 428 g/mol. The fourth-order valence-corrected chi connectivity index (χ4v) is 3.91. The second-order valence-corrected chi connectivity index (χ2v) is 8.15. The van der Waals surface area contributed by atoms with E-state index in [0.717, 1.165) is 36.3 Å². The van der Waals surface area contributed by atoms with Crippen molar-refractivity contribution in [2.24, 2.45) is 0 Å². The zero-order chi connectivity index (χ0) is 22.2. The quantitative estimate of drug-likeness (QED) is 0.541. The van der Waals surface area contributed by atoms with Gasteiger partial charge < -0.3 is 15.0 Å². The number of ether oxygens (including phenoxy) is 1. The second kappa shape index (κ2) is 10.6. The van der Waals surface area contributed by atoms with E-state index in [1.54, 1.807) is 12.4 Å². The highest BCUT2D eigenvalue weighted by atomic mass is 16.5. The monoisotopic (exact) mass is 427 g/mol. The van der Waals surface area contributed by atoms with Crippen molar-refractivity contribution in [1.82, 2.24) is 9.88 Å². The number of piperidine rings is 1. The maximum atomic E-state index is 12.5. The SMILES string of the molecule is CC(Cc1ccccc1)Oc1cccc(C=C2CCN(C(=O)Nc3cccnc3)CC2)c1. The van der Waals surface area contributed by atoms with Crippen LogP contribution in [0, 0.1) is 0 Å². The Labute approximate surface area is 189 Å². The highest BCUT2D eigenvalue weighted by Crippen LogP contribution is 2.23. The molecule has 0 saturated carbocycles. The first kappa shape index (κ1) is 21.6. The number of amides is 2. The molecule has 2 aromatic carbocycles. The highest BCUT2D eigenvalue weighted by molar-refractivity contribution is 5.89. The number of likely N-dealkylation sites (tertiary alicyclic amines) is 1. The molecule has 1 N–H and O–H groups in total. The Balaban J connectivity index is 1.30. The maximum absolute atomic E-state index is 12.5. The standard InChI is InChI=1S/C27H29N3O2/c1-21(17-22-7-3-2-4-8-22)32-26-11-5-9-24(19-26)18-23-12-15-30(16-13-23)27(31)29-25-10-6-14-28-20-25/h2-11,14,18-21H,12-13,15-17H2,1H3,(H,29,31). The largest absolute Gasteiger partial charge is 0.490 e. The molecule has 1 aliphatic rings. The molecule has 0 spiro atoms. The van der Waals surface area contributed by atoms with Crippen molar-refractivity contribution >= 4 is 17.8 Å². The third-order valence-corrected chi connectivity index (χ3v) is 5.54. The molecule has 5 heteroatoms. The van der Waals surface area contributed by atoms with Gasteiger partial charge in [-0.05, 0) is 55.2 Å². The van der Waals surface area contributed by atoms with Crippen molar-refractivity contribution in [3.05, 3.63) is 95.8 Å². The van der Waals surface area contributed by atoms with Crippen LogP contribution in [0.25, 0.3) is 6.08 Å². The molecular weight excluding hydrogens is 398 g/mol. The van der Waals surface area contributed by atoms with Crippen LogP contribution in [-0.2, 0) is 6.42 Å². The fraction of sp³-hybridized carbons (Fsp3) is 0.259. The third-order valence-electron chi connectivity index (χ3n) is 5.54. The van der Waals surface area contributed by atoms with Crippen LogP contribution in [0.1, 0.15) is 30.9 Å². The minimum Gasteiger partial charge on any atom is -0.490 e. The van der Waals surface area contributed by atoms with E-state index in [2.05, 4.69) is 59.7 Å². The van der Waals surface area contributed by atoms with E-state index in [-0.39, 0.29) is 12.1 Å². The summed E-state index contributed by atoms with van der Waals surface area (Å²) in [7, 11) is 0. The maximum Gasteiger partial charge on any atom is 0.321 e. The van der Waals surface area contributed by atoms with E-state index in [1.165, 1.54) is 11.1 Å². The minimum atomic E-state index is -0.0696. The molecule has 1 unspecified atom stereocenters. The van der Waals surface area contributed by atoms with Gasteiger partial charge >= 0.3 is 6.03 Å². The number of nitrogens with one attached hydrogen (secondary N) is 1. The Kier molecular flexibility index (Phi) is 7.18. The summed E-state index contributed by atoms with van der Waals surface area (Å²) in [5, 5.41) is 2.91. The summed E-state index contributed by atoms with van der Waals surface area (Å²) in [5.74, 6) is 0.885. The van der Waals surface area contributed by atoms with E-state index in [4.69, 9.17) is 4.74 Å². The molecule has 1 aliphatic heterocycles. The second-order valence-electron chi connectivity index (χ2n) is 8.15. The minimum absolute atomic E-state index is 0.0696. The van der Waals surface area contributed by atoms with Crippen LogP contribution in [0.2, 0.25) is 0 Å². The van der Waals surface area contributed by atoms with E-state index in [0.29, 0.717) is 13.1 Å². The number of hydrogen-bond donors (Lipinski definition) is 1. The molecule has 32 heavy (non-hydrogen) atoms. The molecule has 0 aliphatic carbocycles. The van der Waals surface area contributed by atoms with Gasteiger partial charge in [0.1, 0.15) is 5.75 Å². The molecule has 1 aromatic heterocycles. The highest BCUT2D eigenvalue weighted by Gasteiger charge is 2.19. The molecule has 0 bridgehead atoms. The van der Waals surface area contributed by atoms with Crippen molar-refractivity contribution in [2.75, 3.05) is 18.4 Å². The number of rotatable bonds is 6. The van der Waals surface area contributed by atoms with E-state index in [1.807, 2.05) is 35.2 Å². The van der Waals surface area contributed by atoms with Crippen molar-refractivity contribution in [1.29, 1.82) is 0 Å². The predicted octanol–water partition coefficient (Wildman–Crippen LogP) is 5.80. The van der Waals surface area contributed by atoms with Crippen LogP contribution < -0.4 is 10.1 Å². The van der Waals surface area contributed by atoms with Gasteiger partial charge in [-0.25, -0.2) is 4.79 Å². The number of nitrogens with zero attached hydrogens (tertiary/aromatic N) is 2. The molecule has 5 nitrogen and oxygen atoms in total. The molecule has 1 fully saturated rings. The summed E-state index contributed by atoms with van der Waals surface area (Å²) >= 11 is 0. The topological polar surface area (TPSA) is 54.5 Å². The van der Waals surface area contributed by atoms with Crippen molar-refractivity contribution in [3.8, 4) is 5.75 Å². The van der Waals surface area contributed by atoms with Crippen LogP contribution in [0.4, 0.5) is 10.5 Å². The molecule has 1 atom stereocenters. The number of anilines is 1. The van der Waals surface area contributed by atoms with Gasteiger partial charge in [0.05, 0.1) is 18.0 Å². The number of hydrogen-bond acceptors (Lipinski definition) is 3. The van der Waals surface area contributed by atoms with Gasteiger partial charge in [-0.3, -0.25) is 4.98 Å². The number of carbonyl (C=O) groups excluding carboxylic acids is 1. The lowest BCUT2D eigenvalue weighted by molar-refractivity contribution is 0.208. The summed E-state index contributed by atoms with van der Waals surface area (Å²) in [6.07, 6.45) is 8.29. The molecule has 2 heterocycles. The molecular formula is C27H29N3O2. The van der Waals surface area contributed by atoms with Gasteiger partial charge in [0.2, 0.25) is 0 Å². The Morgan fingerprint density at radius 2 is 1.91 bits per heavy atom. The smallest absolute Gasteiger partial charge is 0.321 e. The summed E-state index contributed by atoms with van der Waals surface area (Å²) < 4.78 is 6.16. The van der Waals surface area contributed by atoms with Gasteiger partial charge in [-0.1, -0.05) is 54.1 Å². The van der Waals surface area contributed by atoms with E-state index < -0.39 is 0 Å². The predicted molar refractivity (Wildman–Crippen MR) is 129 cm³/mol. The first-order valence-corrected chi connectivity index (χ1v) is 11.1. The van der Waals surface area contributed by atoms with Gasteiger partial charge in [-0.15, -0.1) is 0 Å². The lowest BCUT2D eigenvalue weighted by atomic mass is 10.0. The molecule has 0 radical (unpaired) electrons. The van der Waals surface area contributed by atoms with Gasteiger partial charge in [0, 0.05) is 25.7 Å². The number of carbonyl (C=O) groups is 1. The van der Waals surface area contributed by atoms with Crippen molar-refractivity contribution < 1.29 is 9.53 Å². The Morgan fingerprint density at radius 3 is 2.66 bits per heavy atom. The molecule has 3 aromatic rings. The molecule has 2 amide bonds. The van der Waals surface area contributed by atoms with Crippen LogP contribution in [0.3, 0.4) is 0 Å². The first-order chi connectivity index (χ1) is 15.7. The molecule has 1 saturated heterocycles. The molecule has 4 rings (SSSR count). The lowest BCUT2D eigenvalue weighted by Crippen LogP contribution is -2.39. The third kappa shape index (κ3) is 6.20. The summed E-state index contributed by atoms with van der Waals surface area (Å²) in [4.78, 5) is 18.4. The number of urea groups is 1. The van der Waals surface area contributed by atoms with Gasteiger partial charge in [0.25, 0.3) is 0 Å². The van der Waals surface area contributed by atoms with Crippen LogP contribution in [0.5, 0.6) is 5.75 Å². The normalized spacial score (nSPS) is 14.5. The van der Waals surface area contributed by atoms with Crippen LogP contribution >= 0.6 is 0 Å². The fourth-order valence-electron chi connectivity index (χ4n) is 3.91. The number of pyridine rings is 1. The Morgan fingerprint density at radius 1 is 1.09 bits per heavy atom. The van der Waals surface area contributed by atoms with Gasteiger partial charge in [0.15, 0.2) is 0 Å². The molecule has 164 valence electrons. The lowest BCUT2D eigenvalue weighted by Gasteiger charge is -2.28. The summed E-state index contributed by atoms with van der Waals surface area (Å²) in [5.41, 5.74) is 4.48. The number of aromatic nitrogens is 1. The zero-order valence-corrected chi connectivity index (χ0v) is 18.4. The number of benzene rings is 2. The summed E-state index contributed by atoms with van der Waals surface area (Å²) in [6.45, 7) is 3.52. The van der Waals surface area contributed by atoms with Crippen molar-refractivity contribution in [3.63, 3.8) is 0 Å². The van der Waals surface area contributed by atoms with Crippen molar-refractivity contribution in [2.45, 2.75) is 32.3 Å².